The molecular formula is C12H13N5O3. The Morgan fingerprint density at radius 1 is 1.50 bits per heavy atom. The van der Waals surface area contributed by atoms with E-state index in [1.54, 1.807) is 10.9 Å². The molecule has 0 fully saturated rings. The number of benzene rings is 1. The van der Waals surface area contributed by atoms with Crippen molar-refractivity contribution in [3.05, 3.63) is 46.0 Å². The van der Waals surface area contributed by atoms with Crippen molar-refractivity contribution < 1.29 is 9.72 Å². The molecule has 0 aliphatic heterocycles. The van der Waals surface area contributed by atoms with Crippen LogP contribution in [0.25, 0.3) is 0 Å². The molecule has 0 unspecified atom stereocenters. The topological polar surface area (TPSA) is 103 Å². The average Bonchev–Trinajstić information content (AvgIpc) is 2.84. The number of hydrogen-bond acceptors (Lipinski definition) is 6. The van der Waals surface area contributed by atoms with E-state index < -0.39 is 4.92 Å². The van der Waals surface area contributed by atoms with Crippen molar-refractivity contribution in [2.24, 2.45) is 7.05 Å². The number of aldehydes is 1. The summed E-state index contributed by atoms with van der Waals surface area (Å²) in [5, 5.41) is 21.6. The number of anilines is 1. The van der Waals surface area contributed by atoms with Crippen molar-refractivity contribution in [2.45, 2.75) is 6.42 Å². The Balaban J connectivity index is 2.07. The van der Waals surface area contributed by atoms with Gasteiger partial charge in [-0.25, -0.2) is 0 Å². The smallest absolute Gasteiger partial charge is 0.293 e. The number of aromatic nitrogens is 3. The van der Waals surface area contributed by atoms with Crippen molar-refractivity contribution in [2.75, 3.05) is 11.9 Å². The number of rotatable bonds is 6. The van der Waals surface area contributed by atoms with Crippen LogP contribution in [0, 0.1) is 10.1 Å². The molecule has 1 heterocycles. The van der Waals surface area contributed by atoms with Gasteiger partial charge in [-0.05, 0) is 12.1 Å². The van der Waals surface area contributed by atoms with Crippen molar-refractivity contribution in [3.8, 4) is 0 Å². The number of nitrogens with zero attached hydrogens (tertiary/aromatic N) is 4. The molecule has 0 bridgehead atoms. The number of nitro benzene ring substituents is 1. The molecule has 2 rings (SSSR count). The minimum atomic E-state index is -0.516. The standard InChI is InChI=1S/C12H13N5O3/c1-16-8-14-15-12(16)4-5-13-10-3-2-9(7-18)6-11(10)17(19)20/h2-3,6-8,13H,4-5H2,1H3. The summed E-state index contributed by atoms with van der Waals surface area (Å²) < 4.78 is 1.78. The van der Waals surface area contributed by atoms with E-state index in [0.717, 1.165) is 5.82 Å². The minimum Gasteiger partial charge on any atom is -0.379 e. The number of carbonyl (C=O) groups excluding carboxylic acids is 1. The molecule has 0 saturated heterocycles. The zero-order valence-corrected chi connectivity index (χ0v) is 10.8. The van der Waals surface area contributed by atoms with Gasteiger partial charge in [-0.1, -0.05) is 0 Å². The summed E-state index contributed by atoms with van der Waals surface area (Å²) in [6.45, 7) is 0.480. The van der Waals surface area contributed by atoms with Crippen molar-refractivity contribution >= 4 is 17.7 Å². The predicted octanol–water partition coefficient (Wildman–Crippen LogP) is 1.19. The van der Waals surface area contributed by atoms with E-state index in [0.29, 0.717) is 24.9 Å². The fraction of sp³-hybridized carbons (Fsp3) is 0.250. The largest absolute Gasteiger partial charge is 0.379 e. The van der Waals surface area contributed by atoms with Crippen LogP contribution in [-0.2, 0) is 13.5 Å². The van der Waals surface area contributed by atoms with Gasteiger partial charge in [-0.15, -0.1) is 10.2 Å². The summed E-state index contributed by atoms with van der Waals surface area (Å²) in [7, 11) is 1.83. The average molecular weight is 275 g/mol. The minimum absolute atomic E-state index is 0.118. The van der Waals surface area contributed by atoms with Crippen LogP contribution in [0.5, 0.6) is 0 Å². The first kappa shape index (κ1) is 13.7. The lowest BCUT2D eigenvalue weighted by atomic mass is 10.2. The Bertz CT molecular complexity index is 638. The van der Waals surface area contributed by atoms with E-state index in [1.165, 1.54) is 18.2 Å². The van der Waals surface area contributed by atoms with Crippen molar-refractivity contribution in [1.82, 2.24) is 14.8 Å². The second-order valence-corrected chi connectivity index (χ2v) is 4.19. The van der Waals surface area contributed by atoms with E-state index >= 15 is 0 Å². The SMILES string of the molecule is Cn1cnnc1CCNc1ccc(C=O)cc1[N+](=O)[O-]. The number of hydrogen-bond donors (Lipinski definition) is 1. The maximum atomic E-state index is 11.0. The third kappa shape index (κ3) is 2.97. The highest BCUT2D eigenvalue weighted by atomic mass is 16.6. The van der Waals surface area contributed by atoms with Crippen LogP contribution in [0.1, 0.15) is 16.2 Å². The van der Waals surface area contributed by atoms with Gasteiger partial charge in [0.2, 0.25) is 0 Å². The number of nitro groups is 1. The third-order valence-corrected chi connectivity index (χ3v) is 2.82. The predicted molar refractivity (Wildman–Crippen MR) is 71.7 cm³/mol. The lowest BCUT2D eigenvalue weighted by Crippen LogP contribution is -2.10. The van der Waals surface area contributed by atoms with Crippen LogP contribution >= 0.6 is 0 Å². The summed E-state index contributed by atoms with van der Waals surface area (Å²) in [5.74, 6) is 0.782. The fourth-order valence-electron chi connectivity index (χ4n) is 1.76. The highest BCUT2D eigenvalue weighted by molar-refractivity contribution is 5.79. The van der Waals surface area contributed by atoms with Crippen LogP contribution < -0.4 is 5.32 Å². The highest BCUT2D eigenvalue weighted by Gasteiger charge is 2.14. The van der Waals surface area contributed by atoms with E-state index in [-0.39, 0.29) is 11.3 Å². The van der Waals surface area contributed by atoms with Gasteiger partial charge in [0.15, 0.2) is 0 Å². The van der Waals surface area contributed by atoms with Crippen LogP contribution in [0.4, 0.5) is 11.4 Å². The van der Waals surface area contributed by atoms with Gasteiger partial charge in [0.1, 0.15) is 24.1 Å². The van der Waals surface area contributed by atoms with Crippen LogP contribution in [0.2, 0.25) is 0 Å². The molecule has 0 radical (unpaired) electrons. The molecule has 0 aliphatic rings. The Hall–Kier alpha value is -2.77. The van der Waals surface area contributed by atoms with E-state index in [4.69, 9.17) is 0 Å². The summed E-state index contributed by atoms with van der Waals surface area (Å²) in [6, 6.07) is 4.31. The molecule has 104 valence electrons. The maximum Gasteiger partial charge on any atom is 0.293 e. The molecule has 1 N–H and O–H groups in total. The first-order chi connectivity index (χ1) is 9.61. The zero-order chi connectivity index (χ0) is 14.5. The van der Waals surface area contributed by atoms with Crippen molar-refractivity contribution in [1.29, 1.82) is 0 Å². The Kier molecular flexibility index (Phi) is 4.04. The van der Waals surface area contributed by atoms with Crippen LogP contribution in [0.3, 0.4) is 0 Å². The summed E-state index contributed by atoms with van der Waals surface area (Å²) in [4.78, 5) is 21.1. The van der Waals surface area contributed by atoms with Gasteiger partial charge in [0.25, 0.3) is 5.69 Å². The number of aryl methyl sites for hydroxylation is 1. The van der Waals surface area contributed by atoms with Gasteiger partial charge in [-0.2, -0.15) is 0 Å². The molecule has 0 aliphatic carbocycles. The van der Waals surface area contributed by atoms with Crippen molar-refractivity contribution in [3.63, 3.8) is 0 Å². The molecule has 8 nitrogen and oxygen atoms in total. The van der Waals surface area contributed by atoms with Gasteiger partial charge in [-0.3, -0.25) is 14.9 Å². The van der Waals surface area contributed by atoms with Gasteiger partial charge in [0.05, 0.1) is 4.92 Å². The number of nitrogens with one attached hydrogen (secondary N) is 1. The molecule has 0 amide bonds. The Morgan fingerprint density at radius 2 is 2.30 bits per heavy atom. The first-order valence-corrected chi connectivity index (χ1v) is 5.92. The molecule has 8 heteroatoms. The van der Waals surface area contributed by atoms with Crippen LogP contribution in [0.15, 0.2) is 24.5 Å². The molecule has 2 aromatic rings. The molecule has 1 aromatic heterocycles. The normalized spacial score (nSPS) is 10.2. The van der Waals surface area contributed by atoms with Gasteiger partial charge < -0.3 is 9.88 Å². The molecule has 1 aromatic carbocycles. The summed E-state index contributed by atoms with van der Waals surface area (Å²) in [5.41, 5.74) is 0.533. The molecule has 0 saturated carbocycles. The first-order valence-electron chi connectivity index (χ1n) is 5.92. The van der Waals surface area contributed by atoms with E-state index in [1.807, 2.05) is 7.05 Å². The monoisotopic (exact) mass is 275 g/mol. The summed E-state index contributed by atoms with van der Waals surface area (Å²) >= 11 is 0. The summed E-state index contributed by atoms with van der Waals surface area (Å²) in [6.07, 6.45) is 2.76. The quantitative estimate of drug-likeness (QED) is 0.482. The van der Waals surface area contributed by atoms with E-state index in [9.17, 15) is 14.9 Å². The fourth-order valence-corrected chi connectivity index (χ4v) is 1.76. The second-order valence-electron chi connectivity index (χ2n) is 4.19. The molecule has 0 atom stereocenters. The zero-order valence-electron chi connectivity index (χ0n) is 10.8. The Labute approximate surface area is 114 Å². The third-order valence-electron chi connectivity index (χ3n) is 2.82. The van der Waals surface area contributed by atoms with E-state index in [2.05, 4.69) is 15.5 Å². The highest BCUT2D eigenvalue weighted by Crippen LogP contribution is 2.24. The maximum absolute atomic E-state index is 11.0. The lowest BCUT2D eigenvalue weighted by Gasteiger charge is -2.07. The Morgan fingerprint density at radius 3 is 2.90 bits per heavy atom. The van der Waals surface area contributed by atoms with Crippen LogP contribution in [-0.4, -0.2) is 32.5 Å². The number of carbonyl (C=O) groups is 1. The molecular weight excluding hydrogens is 262 g/mol. The van der Waals surface area contributed by atoms with Gasteiger partial charge >= 0.3 is 0 Å². The second kappa shape index (κ2) is 5.91. The molecule has 0 spiro atoms. The lowest BCUT2D eigenvalue weighted by molar-refractivity contribution is -0.384. The molecule has 20 heavy (non-hydrogen) atoms. The van der Waals surface area contributed by atoms with Gasteiger partial charge in [0, 0.05) is 31.6 Å².